The van der Waals surface area contributed by atoms with Gasteiger partial charge in [-0.3, -0.25) is 23.4 Å². The van der Waals surface area contributed by atoms with E-state index in [4.69, 9.17) is 42.2 Å². The largest absolute Gasteiger partial charge is 0.472 e. The Hall–Kier alpha value is -2.30. The lowest BCUT2D eigenvalue weighted by Gasteiger charge is -2.49. The molecule has 588 valence electrons. The maximum Gasteiger partial charge on any atom is 0.472 e. The van der Waals surface area contributed by atoms with Gasteiger partial charge in [0.2, 0.25) is 0 Å². The number of hydrogen-bond donors (Lipinski definition) is 11. The third-order valence-electron chi connectivity index (χ3n) is 19.7. The Morgan fingerprint density at radius 2 is 0.760 bits per heavy atom. The summed E-state index contributed by atoms with van der Waals surface area (Å²) in [5, 5.41) is 110. The first kappa shape index (κ1) is 91.9. The molecule has 3 aliphatic rings. The van der Waals surface area contributed by atoms with E-state index in [9.17, 15) is 74.9 Å². The molecule has 24 nitrogen and oxygen atoms in total. The molecule has 19 atom stereocenters. The number of carbonyl (C=O) groups excluding carboxylic acids is 3. The van der Waals surface area contributed by atoms with Crippen LogP contribution in [0.4, 0.5) is 0 Å². The van der Waals surface area contributed by atoms with Crippen molar-refractivity contribution in [2.45, 2.75) is 414 Å². The fourth-order valence-corrected chi connectivity index (χ4v) is 14.1. The van der Waals surface area contributed by atoms with Crippen LogP contribution in [0.15, 0.2) is 12.2 Å². The molecular weight excluding hydrogens is 1320 g/mol. The van der Waals surface area contributed by atoms with Crippen LogP contribution in [-0.2, 0) is 61.2 Å². The third kappa shape index (κ3) is 38.8. The van der Waals surface area contributed by atoms with Crippen molar-refractivity contribution in [2.75, 3.05) is 26.4 Å². The van der Waals surface area contributed by atoms with E-state index in [-0.39, 0.29) is 19.3 Å². The Kier molecular flexibility index (Phi) is 51.5. The van der Waals surface area contributed by atoms with Crippen molar-refractivity contribution in [1.29, 1.82) is 0 Å². The molecule has 0 amide bonds. The number of carbonyl (C=O) groups is 3. The maximum atomic E-state index is 14.4. The number of allylic oxidation sites excluding steroid dienone is 2. The van der Waals surface area contributed by atoms with Crippen LogP contribution < -0.4 is 0 Å². The van der Waals surface area contributed by atoms with Crippen LogP contribution in [0.1, 0.15) is 310 Å². The standard InChI is InChI=1S/C75H139O24P/c1-5-8-11-14-17-19-21-23-25-27-28-30-32-38-43-48-59(77)91-52-56(94-61(79)50-45-40-33-31-29-26-24-22-20-18-15-12-9-6-2)53-93-100(89,90)99-73-71(97-74-69(87)64(82)62(80)57(51-76)95-74)67(85)66(84)68(86)72(73)98-75-70(88)65(83)63(81)58(96-75)54-92-60(78)49-44-39-35-34-37-42-47-55(4)46-41-36-16-13-10-7-3/h19,21,55-58,62-76,80-88H,5-18,20,22-54H2,1-4H3,(H,89,90)/b21-19-. The highest BCUT2D eigenvalue weighted by molar-refractivity contribution is 7.47. The van der Waals surface area contributed by atoms with Crippen LogP contribution in [-0.4, -0.2) is 204 Å². The second-order valence-electron chi connectivity index (χ2n) is 28.7. The number of phosphoric acid groups is 1. The van der Waals surface area contributed by atoms with E-state index in [1.54, 1.807) is 0 Å². The highest BCUT2D eigenvalue weighted by Gasteiger charge is 2.58. The van der Waals surface area contributed by atoms with Crippen molar-refractivity contribution < 1.29 is 117 Å². The van der Waals surface area contributed by atoms with Crippen LogP contribution >= 0.6 is 7.82 Å². The molecule has 25 heteroatoms. The molecule has 0 aromatic carbocycles. The molecule has 0 radical (unpaired) electrons. The molecule has 1 aliphatic carbocycles. The van der Waals surface area contributed by atoms with Gasteiger partial charge in [-0.25, -0.2) is 4.57 Å². The summed E-state index contributed by atoms with van der Waals surface area (Å²) in [7, 11) is -5.70. The van der Waals surface area contributed by atoms with Gasteiger partial charge in [0.25, 0.3) is 0 Å². The highest BCUT2D eigenvalue weighted by atomic mass is 31.2. The quantitative estimate of drug-likeness (QED) is 0.00886. The van der Waals surface area contributed by atoms with Gasteiger partial charge in [0.15, 0.2) is 18.7 Å². The lowest BCUT2D eigenvalue weighted by Crippen LogP contribution is -2.69. The van der Waals surface area contributed by atoms with Crippen molar-refractivity contribution in [3.8, 4) is 0 Å². The molecule has 2 saturated heterocycles. The molecule has 2 aliphatic heterocycles. The second kappa shape index (κ2) is 56.1. The summed E-state index contributed by atoms with van der Waals surface area (Å²) in [6, 6.07) is 0. The van der Waals surface area contributed by atoms with Gasteiger partial charge in [-0.15, -0.1) is 0 Å². The van der Waals surface area contributed by atoms with E-state index in [0.717, 1.165) is 116 Å². The zero-order valence-electron chi connectivity index (χ0n) is 61.7. The summed E-state index contributed by atoms with van der Waals surface area (Å²) in [5.41, 5.74) is 0. The van der Waals surface area contributed by atoms with Crippen LogP contribution in [0.2, 0.25) is 0 Å². The molecule has 11 N–H and O–H groups in total. The number of ether oxygens (including phenoxy) is 7. The molecule has 100 heavy (non-hydrogen) atoms. The monoisotopic (exact) mass is 1450 g/mol. The number of hydrogen-bond acceptors (Lipinski definition) is 23. The van der Waals surface area contributed by atoms with E-state index in [1.165, 1.54) is 128 Å². The first-order valence-corrected chi connectivity index (χ1v) is 40.9. The molecule has 3 fully saturated rings. The Balaban J connectivity index is 1.72. The number of rotatable bonds is 61. The van der Waals surface area contributed by atoms with Gasteiger partial charge in [0.05, 0.1) is 13.2 Å². The fourth-order valence-electron chi connectivity index (χ4n) is 13.2. The smallest absolute Gasteiger partial charge is 0.463 e. The van der Waals surface area contributed by atoms with Gasteiger partial charge >= 0.3 is 25.7 Å². The Morgan fingerprint density at radius 3 is 1.19 bits per heavy atom. The van der Waals surface area contributed by atoms with Crippen LogP contribution in [0.25, 0.3) is 0 Å². The zero-order chi connectivity index (χ0) is 73.3. The normalized spacial score (nSPS) is 27.7. The van der Waals surface area contributed by atoms with E-state index >= 15 is 0 Å². The van der Waals surface area contributed by atoms with E-state index in [0.29, 0.717) is 25.2 Å². The lowest BCUT2D eigenvalue weighted by atomic mass is 9.84. The van der Waals surface area contributed by atoms with Gasteiger partial charge in [0.1, 0.15) is 98.7 Å². The Bertz CT molecular complexity index is 2130. The molecular formula is C75H139O24P. The molecule has 0 spiro atoms. The van der Waals surface area contributed by atoms with Crippen molar-refractivity contribution in [1.82, 2.24) is 0 Å². The molecule has 0 aromatic heterocycles. The minimum atomic E-state index is -5.70. The molecule has 19 unspecified atom stereocenters. The van der Waals surface area contributed by atoms with Gasteiger partial charge in [-0.05, 0) is 50.9 Å². The number of phosphoric ester groups is 1. The molecule has 0 aromatic rings. The molecule has 2 heterocycles. The third-order valence-corrected chi connectivity index (χ3v) is 20.7. The second-order valence-corrected chi connectivity index (χ2v) is 30.1. The van der Waals surface area contributed by atoms with E-state index in [2.05, 4.69) is 39.8 Å². The minimum Gasteiger partial charge on any atom is -0.463 e. The number of aliphatic hydroxyl groups is 10. The number of aliphatic hydroxyl groups excluding tert-OH is 10. The maximum absolute atomic E-state index is 14.4. The van der Waals surface area contributed by atoms with Crippen molar-refractivity contribution in [3.63, 3.8) is 0 Å². The van der Waals surface area contributed by atoms with Crippen LogP contribution in [0.5, 0.6) is 0 Å². The van der Waals surface area contributed by atoms with Gasteiger partial charge in [0, 0.05) is 19.3 Å². The summed E-state index contributed by atoms with van der Waals surface area (Å²) in [6.07, 6.45) is 14.1. The Labute approximate surface area is 599 Å². The predicted octanol–water partition coefficient (Wildman–Crippen LogP) is 11.4. The summed E-state index contributed by atoms with van der Waals surface area (Å²) in [5.74, 6) is -1.29. The first-order valence-electron chi connectivity index (χ1n) is 39.4. The van der Waals surface area contributed by atoms with Gasteiger partial charge < -0.3 is 89.1 Å². The summed E-state index contributed by atoms with van der Waals surface area (Å²) >= 11 is 0. The van der Waals surface area contributed by atoms with Crippen LogP contribution in [0, 0.1) is 5.92 Å². The minimum absolute atomic E-state index is 0.0298. The highest BCUT2D eigenvalue weighted by Crippen LogP contribution is 2.49. The number of esters is 3. The molecule has 1 saturated carbocycles. The molecule has 3 rings (SSSR count). The lowest BCUT2D eigenvalue weighted by molar-refractivity contribution is -0.360. The molecule has 0 bridgehead atoms. The Morgan fingerprint density at radius 1 is 0.410 bits per heavy atom. The number of unbranched alkanes of at least 4 members (excludes halogenated alkanes) is 34. The van der Waals surface area contributed by atoms with E-state index < -0.39 is 156 Å². The summed E-state index contributed by atoms with van der Waals surface area (Å²) in [6.45, 7) is 5.77. The average Bonchev–Trinajstić information content (AvgIpc) is 0.763. The van der Waals surface area contributed by atoms with E-state index in [1.807, 2.05) is 0 Å². The predicted molar refractivity (Wildman–Crippen MR) is 379 cm³/mol. The van der Waals surface area contributed by atoms with Crippen LogP contribution in [0.3, 0.4) is 0 Å². The van der Waals surface area contributed by atoms with Crippen molar-refractivity contribution in [3.05, 3.63) is 12.2 Å². The van der Waals surface area contributed by atoms with Gasteiger partial charge in [-0.2, -0.15) is 0 Å². The average molecular weight is 1460 g/mol. The summed E-state index contributed by atoms with van der Waals surface area (Å²) in [4.78, 5) is 51.1. The topological polar surface area (TPSA) is 374 Å². The first-order chi connectivity index (χ1) is 48.2. The van der Waals surface area contributed by atoms with Gasteiger partial charge in [-0.1, -0.05) is 258 Å². The SMILES string of the molecule is CCCCCC/C=C\CCCCCCCCCC(=O)OCC(COP(=O)(O)OC1C(OC2OC(CO)C(O)C(O)C2O)C(O)C(O)C(O)C1OC1OC(COC(=O)CCCCCCCCC(C)CCCCCCCC)C(O)C(O)C1O)OC(=O)CCCCCCCCCCCCCCCC. The van der Waals surface area contributed by atoms with Crippen molar-refractivity contribution in [2.24, 2.45) is 5.92 Å². The van der Waals surface area contributed by atoms with Crippen molar-refractivity contribution >= 4 is 25.7 Å². The summed E-state index contributed by atoms with van der Waals surface area (Å²) < 4.78 is 65.1. The fraction of sp³-hybridized carbons (Fsp3) is 0.933. The zero-order valence-corrected chi connectivity index (χ0v) is 62.6.